The monoisotopic (exact) mass is 492 g/mol. The predicted octanol–water partition coefficient (Wildman–Crippen LogP) is 3.55. The fourth-order valence-electron chi connectivity index (χ4n) is 4.16. The van der Waals surface area contributed by atoms with E-state index in [1.165, 1.54) is 24.0 Å². The molecule has 8 heteroatoms. The highest BCUT2D eigenvalue weighted by Gasteiger charge is 2.33. The standard InChI is InChI=1S/C27H28N2O5S/c1-15(2)17-7-9-18(10-8-17)24-23(26(31)34-6)16(3)28-27-29(24)25(30)22(35-27)14-19-13-20(32-4)11-12-21(19)33-5/h7-15,24H,1-6H3. The van der Waals surface area contributed by atoms with Gasteiger partial charge >= 0.3 is 5.97 Å². The molecule has 1 aromatic heterocycles. The number of carbonyl (C=O) groups excluding carboxylic acids is 1. The van der Waals surface area contributed by atoms with Gasteiger partial charge in [-0.2, -0.15) is 0 Å². The lowest BCUT2D eigenvalue weighted by Crippen LogP contribution is -2.39. The number of esters is 1. The number of allylic oxidation sites excluding steroid dienone is 1. The van der Waals surface area contributed by atoms with Gasteiger partial charge < -0.3 is 14.2 Å². The molecule has 35 heavy (non-hydrogen) atoms. The van der Waals surface area contributed by atoms with E-state index >= 15 is 0 Å². The van der Waals surface area contributed by atoms with Crippen molar-refractivity contribution in [2.45, 2.75) is 32.7 Å². The Morgan fingerprint density at radius 3 is 2.40 bits per heavy atom. The van der Waals surface area contributed by atoms with Crippen LogP contribution in [0.5, 0.6) is 11.5 Å². The molecule has 2 aromatic carbocycles. The lowest BCUT2D eigenvalue weighted by molar-refractivity contribution is -0.136. The summed E-state index contributed by atoms with van der Waals surface area (Å²) >= 11 is 1.27. The fraction of sp³-hybridized carbons (Fsp3) is 0.296. The Morgan fingerprint density at radius 2 is 1.80 bits per heavy atom. The van der Waals surface area contributed by atoms with Gasteiger partial charge in [-0.15, -0.1) is 0 Å². The Labute approximate surface area is 207 Å². The molecule has 0 N–H and O–H groups in total. The molecule has 0 aliphatic carbocycles. The van der Waals surface area contributed by atoms with E-state index in [4.69, 9.17) is 14.2 Å². The van der Waals surface area contributed by atoms with Crippen molar-refractivity contribution >= 4 is 23.4 Å². The Morgan fingerprint density at radius 1 is 1.09 bits per heavy atom. The molecular formula is C27H28N2O5S. The third kappa shape index (κ3) is 4.53. The van der Waals surface area contributed by atoms with E-state index in [1.54, 1.807) is 43.9 Å². The molecule has 0 fully saturated rings. The normalized spacial score (nSPS) is 15.6. The summed E-state index contributed by atoms with van der Waals surface area (Å²) in [7, 11) is 4.50. The Kier molecular flexibility index (Phi) is 6.93. The van der Waals surface area contributed by atoms with Crippen LogP contribution in [0.1, 0.15) is 49.4 Å². The molecule has 0 saturated carbocycles. The predicted molar refractivity (Wildman–Crippen MR) is 136 cm³/mol. The minimum atomic E-state index is -0.644. The summed E-state index contributed by atoms with van der Waals surface area (Å²) in [6.45, 7) is 6.01. The number of rotatable bonds is 6. The van der Waals surface area contributed by atoms with Crippen molar-refractivity contribution in [3.05, 3.63) is 90.1 Å². The average Bonchev–Trinajstić information content (AvgIpc) is 3.16. The molecule has 0 saturated heterocycles. The van der Waals surface area contributed by atoms with E-state index in [1.807, 2.05) is 30.3 Å². The molecule has 0 bridgehead atoms. The zero-order chi connectivity index (χ0) is 25.3. The van der Waals surface area contributed by atoms with Crippen LogP contribution in [0, 0.1) is 0 Å². The Bertz CT molecular complexity index is 1480. The van der Waals surface area contributed by atoms with Crippen LogP contribution < -0.4 is 24.4 Å². The minimum Gasteiger partial charge on any atom is -0.497 e. The Balaban J connectivity index is 1.96. The first kappa shape index (κ1) is 24.5. The summed E-state index contributed by atoms with van der Waals surface area (Å²) in [5, 5.41) is 0. The van der Waals surface area contributed by atoms with Crippen molar-refractivity contribution in [1.29, 1.82) is 0 Å². The van der Waals surface area contributed by atoms with Gasteiger partial charge in [-0.3, -0.25) is 9.36 Å². The lowest BCUT2D eigenvalue weighted by atomic mass is 9.93. The SMILES string of the molecule is COC(=O)C1=C(C)N=c2sc(=Cc3cc(OC)ccc3OC)c(=O)n2C1c1ccc(C(C)C)cc1. The second kappa shape index (κ2) is 9.92. The minimum absolute atomic E-state index is 0.245. The first-order valence-corrected chi connectivity index (χ1v) is 12.0. The molecule has 3 aromatic rings. The van der Waals surface area contributed by atoms with Crippen molar-refractivity contribution in [1.82, 2.24) is 4.57 Å². The van der Waals surface area contributed by atoms with Gasteiger partial charge in [0.05, 0.1) is 43.2 Å². The quantitative estimate of drug-likeness (QED) is 0.492. The van der Waals surface area contributed by atoms with E-state index in [2.05, 4.69) is 18.8 Å². The van der Waals surface area contributed by atoms with Crippen LogP contribution in [0.15, 0.2) is 63.5 Å². The van der Waals surface area contributed by atoms with Crippen LogP contribution in [0.3, 0.4) is 0 Å². The third-order valence-electron chi connectivity index (χ3n) is 6.07. The zero-order valence-corrected chi connectivity index (χ0v) is 21.4. The van der Waals surface area contributed by atoms with Crippen molar-refractivity contribution in [3.63, 3.8) is 0 Å². The highest BCUT2D eigenvalue weighted by atomic mass is 32.1. The third-order valence-corrected chi connectivity index (χ3v) is 7.05. The van der Waals surface area contributed by atoms with E-state index in [0.717, 1.165) is 5.56 Å². The van der Waals surface area contributed by atoms with Crippen LogP contribution in [-0.4, -0.2) is 31.9 Å². The highest BCUT2D eigenvalue weighted by Crippen LogP contribution is 2.31. The number of thiazole rings is 1. The van der Waals surface area contributed by atoms with Crippen molar-refractivity contribution in [2.24, 2.45) is 4.99 Å². The molecule has 1 unspecified atom stereocenters. The van der Waals surface area contributed by atoms with Crippen LogP contribution in [0.25, 0.3) is 6.08 Å². The van der Waals surface area contributed by atoms with Gasteiger partial charge in [0.25, 0.3) is 5.56 Å². The molecule has 0 radical (unpaired) electrons. The van der Waals surface area contributed by atoms with Crippen molar-refractivity contribution in [2.75, 3.05) is 21.3 Å². The largest absolute Gasteiger partial charge is 0.497 e. The van der Waals surface area contributed by atoms with Crippen molar-refractivity contribution in [3.8, 4) is 11.5 Å². The molecule has 1 atom stereocenters. The molecule has 4 rings (SSSR count). The molecular weight excluding hydrogens is 464 g/mol. The number of methoxy groups -OCH3 is 3. The van der Waals surface area contributed by atoms with Gasteiger partial charge in [-0.25, -0.2) is 9.79 Å². The number of fused-ring (bicyclic) bond motifs is 1. The van der Waals surface area contributed by atoms with E-state index in [-0.39, 0.29) is 5.56 Å². The van der Waals surface area contributed by atoms with Crippen molar-refractivity contribution < 1.29 is 19.0 Å². The topological polar surface area (TPSA) is 79.1 Å². The van der Waals surface area contributed by atoms with E-state index in [9.17, 15) is 9.59 Å². The molecule has 2 heterocycles. The molecule has 0 spiro atoms. The smallest absolute Gasteiger partial charge is 0.338 e. The molecule has 1 aliphatic rings. The Hall–Kier alpha value is -3.65. The summed E-state index contributed by atoms with van der Waals surface area (Å²) in [5.74, 6) is 1.12. The second-order valence-electron chi connectivity index (χ2n) is 8.50. The maximum absolute atomic E-state index is 13.7. The van der Waals surface area contributed by atoms with E-state index in [0.29, 0.717) is 43.6 Å². The molecule has 0 amide bonds. The lowest BCUT2D eigenvalue weighted by Gasteiger charge is -2.24. The number of nitrogens with zero attached hydrogens (tertiary/aromatic N) is 2. The van der Waals surface area contributed by atoms with Crippen LogP contribution in [0.2, 0.25) is 0 Å². The zero-order valence-electron chi connectivity index (χ0n) is 20.6. The maximum Gasteiger partial charge on any atom is 0.338 e. The van der Waals surface area contributed by atoms with Gasteiger partial charge in [0, 0.05) is 5.56 Å². The number of aromatic nitrogens is 1. The number of benzene rings is 2. The first-order chi connectivity index (χ1) is 16.8. The summed E-state index contributed by atoms with van der Waals surface area (Å²) in [5.41, 5.74) is 3.33. The van der Waals surface area contributed by atoms with Crippen LogP contribution in [-0.2, 0) is 9.53 Å². The summed E-state index contributed by atoms with van der Waals surface area (Å²) < 4.78 is 17.9. The molecule has 7 nitrogen and oxygen atoms in total. The summed E-state index contributed by atoms with van der Waals surface area (Å²) in [6.07, 6.45) is 1.77. The molecule has 182 valence electrons. The van der Waals surface area contributed by atoms with Gasteiger partial charge in [0.2, 0.25) is 0 Å². The first-order valence-electron chi connectivity index (χ1n) is 11.2. The average molecular weight is 493 g/mol. The van der Waals surface area contributed by atoms with Crippen LogP contribution >= 0.6 is 11.3 Å². The van der Waals surface area contributed by atoms with E-state index < -0.39 is 12.0 Å². The number of hydrogen-bond donors (Lipinski definition) is 0. The second-order valence-corrected chi connectivity index (χ2v) is 9.51. The molecule has 1 aliphatic heterocycles. The highest BCUT2D eigenvalue weighted by molar-refractivity contribution is 7.07. The maximum atomic E-state index is 13.7. The van der Waals surface area contributed by atoms with Gasteiger partial charge in [0.1, 0.15) is 11.5 Å². The van der Waals surface area contributed by atoms with Gasteiger partial charge in [-0.05, 0) is 48.2 Å². The van der Waals surface area contributed by atoms with Gasteiger partial charge in [0.15, 0.2) is 4.80 Å². The summed E-state index contributed by atoms with van der Waals surface area (Å²) in [4.78, 5) is 31.7. The van der Waals surface area contributed by atoms with Crippen LogP contribution in [0.4, 0.5) is 0 Å². The van der Waals surface area contributed by atoms with Gasteiger partial charge in [-0.1, -0.05) is 49.4 Å². The number of ether oxygens (including phenoxy) is 3. The fourth-order valence-corrected chi connectivity index (χ4v) is 5.20. The summed E-state index contributed by atoms with van der Waals surface area (Å²) in [6, 6.07) is 12.7. The number of carbonyl (C=O) groups is 1. The number of hydrogen-bond acceptors (Lipinski definition) is 7.